The average Bonchev–Trinajstić information content (AvgIpc) is 2.53. The van der Waals surface area contributed by atoms with Crippen LogP contribution >= 0.6 is 0 Å². The zero-order valence-electron chi connectivity index (χ0n) is 13.4. The van der Waals surface area contributed by atoms with Crippen molar-refractivity contribution in [1.82, 2.24) is 4.98 Å². The minimum absolute atomic E-state index is 0.0373. The van der Waals surface area contributed by atoms with Crippen molar-refractivity contribution >= 4 is 23.3 Å². The first kappa shape index (κ1) is 16.7. The van der Waals surface area contributed by atoms with Gasteiger partial charge >= 0.3 is 0 Å². The number of hydrogen-bond acceptors (Lipinski definition) is 3. The molecule has 0 fully saturated rings. The van der Waals surface area contributed by atoms with E-state index in [0.717, 1.165) is 18.4 Å². The van der Waals surface area contributed by atoms with Crippen molar-refractivity contribution < 1.29 is 9.59 Å². The Morgan fingerprint density at radius 2 is 1.96 bits per heavy atom. The molecule has 0 bridgehead atoms. The summed E-state index contributed by atoms with van der Waals surface area (Å²) in [7, 11) is 0. The molecule has 0 saturated carbocycles. The maximum atomic E-state index is 12.3. The number of benzene rings is 1. The van der Waals surface area contributed by atoms with Crippen LogP contribution in [0.4, 0.5) is 11.5 Å². The molecule has 23 heavy (non-hydrogen) atoms. The minimum atomic E-state index is -0.257. The van der Waals surface area contributed by atoms with E-state index in [1.165, 1.54) is 0 Å². The lowest BCUT2D eigenvalue weighted by Gasteiger charge is -2.08. The van der Waals surface area contributed by atoms with Crippen molar-refractivity contribution in [3.8, 4) is 0 Å². The molecule has 2 N–H and O–H groups in total. The van der Waals surface area contributed by atoms with Crippen molar-refractivity contribution in [1.29, 1.82) is 0 Å². The molecule has 1 heterocycles. The van der Waals surface area contributed by atoms with E-state index in [0.29, 0.717) is 23.5 Å². The van der Waals surface area contributed by atoms with E-state index >= 15 is 0 Å². The van der Waals surface area contributed by atoms with Gasteiger partial charge in [-0.05, 0) is 49.2 Å². The largest absolute Gasteiger partial charge is 0.326 e. The van der Waals surface area contributed by atoms with Crippen LogP contribution in [-0.2, 0) is 4.79 Å². The van der Waals surface area contributed by atoms with Crippen LogP contribution in [0.25, 0.3) is 0 Å². The number of hydrogen-bond donors (Lipinski definition) is 2. The summed E-state index contributed by atoms with van der Waals surface area (Å²) in [5.74, 6) is 0.213. The van der Waals surface area contributed by atoms with Crippen LogP contribution in [-0.4, -0.2) is 16.8 Å². The number of nitrogens with one attached hydrogen (secondary N) is 2. The smallest absolute Gasteiger partial charge is 0.256 e. The van der Waals surface area contributed by atoms with Gasteiger partial charge in [0.05, 0.1) is 0 Å². The Hall–Kier alpha value is -2.69. The van der Waals surface area contributed by atoms with E-state index in [4.69, 9.17) is 0 Å². The van der Waals surface area contributed by atoms with Gasteiger partial charge in [0.1, 0.15) is 5.82 Å². The highest BCUT2D eigenvalue weighted by Gasteiger charge is 2.09. The molecule has 2 rings (SSSR count). The van der Waals surface area contributed by atoms with Crippen molar-refractivity contribution in [3.05, 3.63) is 53.7 Å². The Bertz CT molecular complexity index is 698. The molecular formula is C18H21N3O2. The van der Waals surface area contributed by atoms with Crippen LogP contribution in [0.15, 0.2) is 42.6 Å². The van der Waals surface area contributed by atoms with Crippen molar-refractivity contribution in [2.24, 2.45) is 0 Å². The van der Waals surface area contributed by atoms with Gasteiger partial charge in [-0.3, -0.25) is 9.59 Å². The number of nitrogens with zero attached hydrogens (tertiary/aromatic N) is 1. The van der Waals surface area contributed by atoms with Gasteiger partial charge in [-0.15, -0.1) is 0 Å². The maximum Gasteiger partial charge on any atom is 0.256 e. The fraction of sp³-hybridized carbons (Fsp3) is 0.278. The number of carbonyl (C=O) groups excluding carboxylic acids is 2. The molecule has 120 valence electrons. The lowest BCUT2D eigenvalue weighted by Crippen LogP contribution is -2.15. The number of aryl methyl sites for hydroxylation is 1. The fourth-order valence-corrected chi connectivity index (χ4v) is 2.09. The Morgan fingerprint density at radius 1 is 1.13 bits per heavy atom. The predicted octanol–water partition coefficient (Wildman–Crippen LogP) is 3.77. The summed E-state index contributed by atoms with van der Waals surface area (Å²) < 4.78 is 0. The number of unbranched alkanes of at least 4 members (excludes halogenated alkanes) is 1. The van der Waals surface area contributed by atoms with E-state index in [9.17, 15) is 9.59 Å². The van der Waals surface area contributed by atoms with Gasteiger partial charge in [-0.1, -0.05) is 19.4 Å². The Morgan fingerprint density at radius 3 is 2.70 bits per heavy atom. The van der Waals surface area contributed by atoms with Gasteiger partial charge in [0.25, 0.3) is 5.91 Å². The van der Waals surface area contributed by atoms with E-state index in [1.54, 1.807) is 36.5 Å². The number of anilines is 2. The molecular weight excluding hydrogens is 290 g/mol. The normalized spacial score (nSPS) is 10.2. The molecule has 2 aromatic rings. The molecule has 0 aliphatic heterocycles. The van der Waals surface area contributed by atoms with Crippen LogP contribution in [0.1, 0.15) is 42.1 Å². The Labute approximate surface area is 136 Å². The van der Waals surface area contributed by atoms with Gasteiger partial charge < -0.3 is 10.6 Å². The molecule has 2 amide bonds. The van der Waals surface area contributed by atoms with Gasteiger partial charge in [-0.25, -0.2) is 4.98 Å². The molecule has 0 aliphatic rings. The van der Waals surface area contributed by atoms with E-state index in [1.807, 2.05) is 19.9 Å². The summed E-state index contributed by atoms with van der Waals surface area (Å²) in [4.78, 5) is 28.1. The van der Waals surface area contributed by atoms with Gasteiger partial charge in [0.2, 0.25) is 5.91 Å². The van der Waals surface area contributed by atoms with E-state index in [-0.39, 0.29) is 11.8 Å². The van der Waals surface area contributed by atoms with Crippen molar-refractivity contribution in [2.75, 3.05) is 10.6 Å². The third kappa shape index (κ3) is 5.21. The second-order valence-corrected chi connectivity index (χ2v) is 5.41. The zero-order chi connectivity index (χ0) is 16.7. The molecule has 5 nitrogen and oxygen atoms in total. The molecule has 0 radical (unpaired) electrons. The first-order valence-corrected chi connectivity index (χ1v) is 7.72. The number of carbonyl (C=O) groups is 2. The van der Waals surface area contributed by atoms with E-state index in [2.05, 4.69) is 15.6 Å². The molecule has 1 aromatic carbocycles. The van der Waals surface area contributed by atoms with E-state index < -0.39 is 0 Å². The number of rotatable bonds is 6. The summed E-state index contributed by atoms with van der Waals surface area (Å²) in [6.45, 7) is 3.97. The second kappa shape index (κ2) is 8.08. The van der Waals surface area contributed by atoms with Crippen molar-refractivity contribution in [2.45, 2.75) is 33.1 Å². The summed E-state index contributed by atoms with van der Waals surface area (Å²) in [5, 5.41) is 5.56. The average molecular weight is 311 g/mol. The highest BCUT2D eigenvalue weighted by atomic mass is 16.2. The van der Waals surface area contributed by atoms with Crippen LogP contribution in [0.3, 0.4) is 0 Å². The second-order valence-electron chi connectivity index (χ2n) is 5.41. The number of aromatic nitrogens is 1. The van der Waals surface area contributed by atoms with Gasteiger partial charge in [-0.2, -0.15) is 0 Å². The minimum Gasteiger partial charge on any atom is -0.326 e. The number of pyridine rings is 1. The SMILES string of the molecule is CCCCC(=O)Nc1cccc(C(=O)Nc2cc(C)ccn2)c1. The highest BCUT2D eigenvalue weighted by Crippen LogP contribution is 2.14. The van der Waals surface area contributed by atoms with Gasteiger partial charge in [0, 0.05) is 23.9 Å². The predicted molar refractivity (Wildman–Crippen MR) is 91.5 cm³/mol. The summed E-state index contributed by atoms with van der Waals surface area (Å²) in [5.41, 5.74) is 2.12. The lowest BCUT2D eigenvalue weighted by atomic mass is 10.1. The lowest BCUT2D eigenvalue weighted by molar-refractivity contribution is -0.116. The first-order chi connectivity index (χ1) is 11.1. The molecule has 0 spiro atoms. The summed E-state index contributed by atoms with van der Waals surface area (Å²) in [6, 6.07) is 10.5. The monoisotopic (exact) mass is 311 g/mol. The zero-order valence-corrected chi connectivity index (χ0v) is 13.4. The molecule has 0 atom stereocenters. The summed E-state index contributed by atoms with van der Waals surface area (Å²) in [6.07, 6.45) is 3.96. The first-order valence-electron chi connectivity index (χ1n) is 7.72. The van der Waals surface area contributed by atoms with Crippen molar-refractivity contribution in [3.63, 3.8) is 0 Å². The highest BCUT2D eigenvalue weighted by molar-refractivity contribution is 6.04. The third-order valence-corrected chi connectivity index (χ3v) is 3.32. The Kier molecular flexibility index (Phi) is 5.86. The van der Waals surface area contributed by atoms with Crippen LogP contribution in [0, 0.1) is 6.92 Å². The van der Waals surface area contributed by atoms with Gasteiger partial charge in [0.15, 0.2) is 0 Å². The Balaban J connectivity index is 2.03. The van der Waals surface area contributed by atoms with Crippen LogP contribution < -0.4 is 10.6 Å². The van der Waals surface area contributed by atoms with Crippen LogP contribution in [0.2, 0.25) is 0 Å². The molecule has 0 aliphatic carbocycles. The molecule has 1 aromatic heterocycles. The third-order valence-electron chi connectivity index (χ3n) is 3.32. The quantitative estimate of drug-likeness (QED) is 0.853. The topological polar surface area (TPSA) is 71.1 Å². The molecule has 0 saturated heterocycles. The standard InChI is InChI=1S/C18H21N3O2/c1-3-4-8-17(22)20-15-7-5-6-14(12-15)18(23)21-16-11-13(2)9-10-19-16/h5-7,9-12H,3-4,8H2,1-2H3,(H,20,22)(H,19,21,23). The maximum absolute atomic E-state index is 12.3. The molecule has 5 heteroatoms. The fourth-order valence-electron chi connectivity index (χ4n) is 2.09. The molecule has 0 unspecified atom stereocenters. The number of amides is 2. The van der Waals surface area contributed by atoms with Crippen LogP contribution in [0.5, 0.6) is 0 Å². The summed E-state index contributed by atoms with van der Waals surface area (Å²) >= 11 is 0.